The van der Waals surface area contributed by atoms with Crippen LogP contribution < -0.4 is 15.4 Å². The average Bonchev–Trinajstić information content (AvgIpc) is 2.73. The van der Waals surface area contributed by atoms with Crippen LogP contribution in [0.1, 0.15) is 37.6 Å². The van der Waals surface area contributed by atoms with Crippen molar-refractivity contribution in [3.63, 3.8) is 0 Å². The summed E-state index contributed by atoms with van der Waals surface area (Å²) in [4.78, 5) is 25.4. The smallest absolute Gasteiger partial charge is 0.251 e. The molecule has 30 heavy (non-hydrogen) atoms. The van der Waals surface area contributed by atoms with E-state index in [-0.39, 0.29) is 23.5 Å². The number of nitrogens with one attached hydrogen (secondary N) is 3. The summed E-state index contributed by atoms with van der Waals surface area (Å²) in [5.74, 6) is -0.850. The molecule has 2 unspecified atom stereocenters. The number of carbonyl (C=O) groups excluding carboxylic acids is 2. The number of halogens is 1. The zero-order chi connectivity index (χ0) is 22.3. The van der Waals surface area contributed by atoms with Gasteiger partial charge in [0, 0.05) is 22.0 Å². The van der Waals surface area contributed by atoms with Crippen molar-refractivity contribution in [1.29, 1.82) is 0 Å². The molecule has 0 aliphatic carbocycles. The summed E-state index contributed by atoms with van der Waals surface area (Å²) in [6.07, 6.45) is 0.691. The molecular formula is C21H26ClN3O4S. The Morgan fingerprint density at radius 1 is 0.967 bits per heavy atom. The maximum absolute atomic E-state index is 12.8. The summed E-state index contributed by atoms with van der Waals surface area (Å²) in [5.41, 5.74) is 1.31. The number of hydrogen-bond acceptors (Lipinski definition) is 4. The average molecular weight is 452 g/mol. The highest BCUT2D eigenvalue weighted by Crippen LogP contribution is 2.17. The zero-order valence-corrected chi connectivity index (χ0v) is 18.7. The lowest BCUT2D eigenvalue weighted by atomic mass is 9.97. The van der Waals surface area contributed by atoms with Crippen LogP contribution in [0.3, 0.4) is 0 Å². The molecule has 2 atom stereocenters. The van der Waals surface area contributed by atoms with E-state index in [0.29, 0.717) is 28.4 Å². The third kappa shape index (κ3) is 6.74. The highest BCUT2D eigenvalue weighted by atomic mass is 35.5. The Labute approximate surface area is 182 Å². The second-order valence-corrected chi connectivity index (χ2v) is 9.36. The van der Waals surface area contributed by atoms with Gasteiger partial charge in [-0.05, 0) is 61.4 Å². The predicted molar refractivity (Wildman–Crippen MR) is 120 cm³/mol. The molecule has 0 aliphatic rings. The summed E-state index contributed by atoms with van der Waals surface area (Å²) in [5, 5.41) is 6.08. The minimum absolute atomic E-state index is 0.0324. The van der Waals surface area contributed by atoms with E-state index in [9.17, 15) is 18.0 Å². The first-order valence-electron chi connectivity index (χ1n) is 9.63. The quantitative estimate of drug-likeness (QED) is 0.538. The van der Waals surface area contributed by atoms with E-state index in [2.05, 4.69) is 15.4 Å². The van der Waals surface area contributed by atoms with Crippen LogP contribution in [0.5, 0.6) is 0 Å². The zero-order valence-electron chi connectivity index (χ0n) is 17.1. The minimum Gasteiger partial charge on any atom is -0.340 e. The van der Waals surface area contributed by atoms with Crippen molar-refractivity contribution in [2.24, 2.45) is 5.92 Å². The van der Waals surface area contributed by atoms with Crippen molar-refractivity contribution in [3.8, 4) is 0 Å². The van der Waals surface area contributed by atoms with E-state index < -0.39 is 16.1 Å². The van der Waals surface area contributed by atoms with E-state index >= 15 is 0 Å². The third-order valence-electron chi connectivity index (χ3n) is 4.69. The standard InChI is InChI=1S/C21H26ClN3O4S/c1-4-14(3)19(24-20(26)15-6-8-16(22)9-7-15)21(27)23-17-10-12-18(13-11-17)25-30(28,29)5-2/h6-14,19,25H,4-5H2,1-3H3,(H,23,27)(H,24,26). The van der Waals surface area contributed by atoms with Crippen LogP contribution in [0, 0.1) is 5.92 Å². The molecule has 0 radical (unpaired) electrons. The predicted octanol–water partition coefficient (Wildman–Crippen LogP) is 3.88. The van der Waals surface area contributed by atoms with Gasteiger partial charge in [0.2, 0.25) is 15.9 Å². The molecule has 162 valence electrons. The molecule has 2 aromatic carbocycles. The fourth-order valence-corrected chi connectivity index (χ4v) is 3.39. The van der Waals surface area contributed by atoms with E-state index in [1.165, 1.54) is 0 Å². The highest BCUT2D eigenvalue weighted by molar-refractivity contribution is 7.92. The van der Waals surface area contributed by atoms with Gasteiger partial charge in [-0.3, -0.25) is 14.3 Å². The molecule has 9 heteroatoms. The maximum atomic E-state index is 12.8. The summed E-state index contributed by atoms with van der Waals surface area (Å²) in [6, 6.07) is 12.0. The van der Waals surface area contributed by atoms with Crippen LogP contribution >= 0.6 is 11.6 Å². The SMILES string of the molecule is CCC(C)C(NC(=O)c1ccc(Cl)cc1)C(=O)Nc1ccc(NS(=O)(=O)CC)cc1. The van der Waals surface area contributed by atoms with Gasteiger partial charge in [0.15, 0.2) is 0 Å². The van der Waals surface area contributed by atoms with E-state index in [1.54, 1.807) is 55.5 Å². The van der Waals surface area contributed by atoms with Crippen molar-refractivity contribution in [3.05, 3.63) is 59.1 Å². The number of anilines is 2. The maximum Gasteiger partial charge on any atom is 0.251 e. The topological polar surface area (TPSA) is 104 Å². The number of rotatable bonds is 9. The van der Waals surface area contributed by atoms with Crippen LogP contribution in [0.25, 0.3) is 0 Å². The minimum atomic E-state index is -3.37. The summed E-state index contributed by atoms with van der Waals surface area (Å²) < 4.78 is 25.7. The van der Waals surface area contributed by atoms with Crippen molar-refractivity contribution in [1.82, 2.24) is 5.32 Å². The van der Waals surface area contributed by atoms with Gasteiger partial charge >= 0.3 is 0 Å². The molecule has 0 aliphatic heterocycles. The van der Waals surface area contributed by atoms with Crippen molar-refractivity contribution in [2.75, 3.05) is 15.8 Å². The number of hydrogen-bond donors (Lipinski definition) is 3. The van der Waals surface area contributed by atoms with Gasteiger partial charge in [-0.15, -0.1) is 0 Å². The van der Waals surface area contributed by atoms with Gasteiger partial charge in [-0.1, -0.05) is 31.9 Å². The monoisotopic (exact) mass is 451 g/mol. The van der Waals surface area contributed by atoms with Gasteiger partial charge in [-0.25, -0.2) is 8.42 Å². The van der Waals surface area contributed by atoms with Crippen LogP contribution in [-0.2, 0) is 14.8 Å². The molecule has 3 N–H and O–H groups in total. The summed E-state index contributed by atoms with van der Waals surface area (Å²) in [6.45, 7) is 5.37. The first kappa shape index (κ1) is 23.7. The normalized spacial score (nSPS) is 13.2. The highest BCUT2D eigenvalue weighted by Gasteiger charge is 2.26. The van der Waals surface area contributed by atoms with E-state index in [1.807, 2.05) is 13.8 Å². The number of sulfonamides is 1. The van der Waals surface area contributed by atoms with E-state index in [4.69, 9.17) is 11.6 Å². The molecule has 0 aromatic heterocycles. The Morgan fingerprint density at radius 3 is 2.07 bits per heavy atom. The molecule has 0 heterocycles. The first-order valence-corrected chi connectivity index (χ1v) is 11.7. The Kier molecular flexibility index (Phi) is 8.25. The van der Waals surface area contributed by atoms with Crippen LogP contribution in [0.4, 0.5) is 11.4 Å². The molecule has 0 bridgehead atoms. The molecule has 0 saturated heterocycles. The van der Waals surface area contributed by atoms with Crippen molar-refractivity contribution >= 4 is 44.8 Å². The Bertz CT molecular complexity index is 976. The summed E-state index contributed by atoms with van der Waals surface area (Å²) in [7, 11) is -3.37. The fraction of sp³-hybridized carbons (Fsp3) is 0.333. The lowest BCUT2D eigenvalue weighted by molar-refractivity contribution is -0.119. The Morgan fingerprint density at radius 2 is 1.53 bits per heavy atom. The Balaban J connectivity index is 2.09. The number of benzene rings is 2. The molecule has 0 spiro atoms. The van der Waals surface area contributed by atoms with Crippen molar-refractivity contribution < 1.29 is 18.0 Å². The summed E-state index contributed by atoms with van der Waals surface area (Å²) >= 11 is 5.86. The molecule has 2 rings (SSSR count). The fourth-order valence-electron chi connectivity index (χ4n) is 2.62. The molecule has 2 amide bonds. The second-order valence-electron chi connectivity index (χ2n) is 6.92. The van der Waals surface area contributed by atoms with Crippen LogP contribution in [-0.4, -0.2) is 32.0 Å². The lowest BCUT2D eigenvalue weighted by Crippen LogP contribution is -2.47. The third-order valence-corrected chi connectivity index (χ3v) is 6.25. The largest absolute Gasteiger partial charge is 0.340 e. The molecule has 2 aromatic rings. The molecular weight excluding hydrogens is 426 g/mol. The van der Waals surface area contributed by atoms with Gasteiger partial charge in [-0.2, -0.15) is 0 Å². The molecule has 0 saturated carbocycles. The van der Waals surface area contributed by atoms with Crippen LogP contribution in [0.2, 0.25) is 5.02 Å². The van der Waals surface area contributed by atoms with E-state index in [0.717, 1.165) is 0 Å². The number of carbonyl (C=O) groups is 2. The second kappa shape index (κ2) is 10.4. The van der Waals surface area contributed by atoms with Gasteiger partial charge < -0.3 is 10.6 Å². The lowest BCUT2D eigenvalue weighted by Gasteiger charge is -2.23. The van der Waals surface area contributed by atoms with Crippen molar-refractivity contribution in [2.45, 2.75) is 33.2 Å². The van der Waals surface area contributed by atoms with Gasteiger partial charge in [0.1, 0.15) is 6.04 Å². The van der Waals surface area contributed by atoms with Crippen LogP contribution in [0.15, 0.2) is 48.5 Å². The first-order chi connectivity index (χ1) is 14.1. The molecule has 0 fully saturated rings. The van der Waals surface area contributed by atoms with Gasteiger partial charge in [0.05, 0.1) is 5.75 Å². The number of amides is 2. The molecule has 7 nitrogen and oxygen atoms in total. The van der Waals surface area contributed by atoms with Gasteiger partial charge in [0.25, 0.3) is 5.91 Å². The Hall–Kier alpha value is -2.58.